The summed E-state index contributed by atoms with van der Waals surface area (Å²) < 4.78 is 1.08. The maximum Gasteiger partial charge on any atom is 0.0606 e. The standard InChI is InChI=1S/C13H19BrN2O/c1-16(6-7-17)13-8-11(14)3-2-10(13)9-15-12-4-5-12/h2-3,8,12,15,17H,4-7,9H2,1H3. The van der Waals surface area contributed by atoms with Gasteiger partial charge < -0.3 is 15.3 Å². The summed E-state index contributed by atoms with van der Waals surface area (Å²) in [4.78, 5) is 2.09. The first-order valence-corrected chi connectivity index (χ1v) is 6.84. The van der Waals surface area contributed by atoms with Crippen molar-refractivity contribution in [1.82, 2.24) is 5.32 Å². The molecule has 2 rings (SSSR count). The average Bonchev–Trinajstić information content (AvgIpc) is 3.11. The lowest BCUT2D eigenvalue weighted by molar-refractivity contribution is 0.304. The van der Waals surface area contributed by atoms with Crippen LogP contribution in [0.1, 0.15) is 18.4 Å². The molecule has 3 nitrogen and oxygen atoms in total. The highest BCUT2D eigenvalue weighted by Gasteiger charge is 2.20. The minimum absolute atomic E-state index is 0.179. The molecule has 0 spiro atoms. The number of rotatable bonds is 6. The molecule has 1 fully saturated rings. The largest absolute Gasteiger partial charge is 0.395 e. The van der Waals surface area contributed by atoms with E-state index in [4.69, 9.17) is 5.11 Å². The molecule has 1 aromatic carbocycles. The van der Waals surface area contributed by atoms with Gasteiger partial charge in [-0.2, -0.15) is 0 Å². The molecule has 0 atom stereocenters. The Bertz CT molecular complexity index is 380. The summed E-state index contributed by atoms with van der Waals surface area (Å²) in [7, 11) is 2.01. The van der Waals surface area contributed by atoms with Crippen LogP contribution in [-0.2, 0) is 6.54 Å². The van der Waals surface area contributed by atoms with E-state index in [2.05, 4.69) is 44.3 Å². The van der Waals surface area contributed by atoms with Gasteiger partial charge >= 0.3 is 0 Å². The van der Waals surface area contributed by atoms with Gasteiger partial charge in [0.25, 0.3) is 0 Å². The maximum atomic E-state index is 9.02. The van der Waals surface area contributed by atoms with Crippen LogP contribution in [0, 0.1) is 0 Å². The Hall–Kier alpha value is -0.580. The molecule has 0 unspecified atom stereocenters. The number of aliphatic hydroxyl groups excluding tert-OH is 1. The van der Waals surface area contributed by atoms with Crippen molar-refractivity contribution in [3.8, 4) is 0 Å². The molecule has 94 valence electrons. The first kappa shape index (κ1) is 12.9. The summed E-state index contributed by atoms with van der Waals surface area (Å²) in [6.07, 6.45) is 2.61. The van der Waals surface area contributed by atoms with E-state index in [1.54, 1.807) is 0 Å². The van der Waals surface area contributed by atoms with Gasteiger partial charge in [-0.15, -0.1) is 0 Å². The number of anilines is 1. The fraction of sp³-hybridized carbons (Fsp3) is 0.538. The lowest BCUT2D eigenvalue weighted by Gasteiger charge is -2.22. The molecule has 17 heavy (non-hydrogen) atoms. The zero-order valence-corrected chi connectivity index (χ0v) is 11.7. The fourth-order valence-electron chi connectivity index (χ4n) is 1.85. The van der Waals surface area contributed by atoms with Crippen LogP contribution in [0.25, 0.3) is 0 Å². The molecular formula is C13H19BrN2O. The van der Waals surface area contributed by atoms with Crippen molar-refractivity contribution in [2.75, 3.05) is 25.1 Å². The minimum atomic E-state index is 0.179. The number of halogens is 1. The Balaban J connectivity index is 2.10. The highest BCUT2D eigenvalue weighted by atomic mass is 79.9. The van der Waals surface area contributed by atoms with E-state index in [9.17, 15) is 0 Å². The van der Waals surface area contributed by atoms with E-state index in [0.717, 1.165) is 17.1 Å². The molecular weight excluding hydrogens is 280 g/mol. The fourth-order valence-corrected chi connectivity index (χ4v) is 2.20. The highest BCUT2D eigenvalue weighted by molar-refractivity contribution is 9.10. The summed E-state index contributed by atoms with van der Waals surface area (Å²) in [5.41, 5.74) is 2.47. The van der Waals surface area contributed by atoms with Crippen LogP contribution in [0.4, 0.5) is 5.69 Å². The third-order valence-electron chi connectivity index (χ3n) is 3.05. The Labute approximate surface area is 111 Å². The quantitative estimate of drug-likeness (QED) is 0.845. The van der Waals surface area contributed by atoms with Gasteiger partial charge in [0.1, 0.15) is 0 Å². The zero-order valence-electron chi connectivity index (χ0n) is 10.1. The van der Waals surface area contributed by atoms with E-state index in [1.807, 2.05) is 7.05 Å². The van der Waals surface area contributed by atoms with Crippen LogP contribution in [0.15, 0.2) is 22.7 Å². The number of benzene rings is 1. The van der Waals surface area contributed by atoms with Gasteiger partial charge in [-0.3, -0.25) is 0 Å². The molecule has 1 saturated carbocycles. The van der Waals surface area contributed by atoms with Gasteiger partial charge in [0.15, 0.2) is 0 Å². The molecule has 1 aliphatic carbocycles. The van der Waals surface area contributed by atoms with Crippen molar-refractivity contribution < 1.29 is 5.11 Å². The maximum absolute atomic E-state index is 9.02. The molecule has 0 aromatic heterocycles. The number of hydrogen-bond donors (Lipinski definition) is 2. The molecule has 0 aliphatic heterocycles. The summed E-state index contributed by atoms with van der Waals surface area (Å²) in [5, 5.41) is 12.5. The van der Waals surface area contributed by atoms with E-state index in [0.29, 0.717) is 6.54 Å². The van der Waals surface area contributed by atoms with Gasteiger partial charge in [-0.1, -0.05) is 22.0 Å². The Morgan fingerprint density at radius 1 is 1.47 bits per heavy atom. The number of likely N-dealkylation sites (N-methyl/N-ethyl adjacent to an activating group) is 1. The molecule has 0 heterocycles. The van der Waals surface area contributed by atoms with E-state index < -0.39 is 0 Å². The second kappa shape index (κ2) is 5.85. The number of aliphatic hydroxyl groups is 1. The van der Waals surface area contributed by atoms with E-state index in [1.165, 1.54) is 24.1 Å². The molecule has 0 radical (unpaired) electrons. The smallest absolute Gasteiger partial charge is 0.0606 e. The summed E-state index contributed by atoms with van der Waals surface area (Å²) in [6.45, 7) is 1.74. The number of nitrogens with zero attached hydrogens (tertiary/aromatic N) is 1. The van der Waals surface area contributed by atoms with Crippen molar-refractivity contribution in [3.63, 3.8) is 0 Å². The lowest BCUT2D eigenvalue weighted by Crippen LogP contribution is -2.24. The summed E-state index contributed by atoms with van der Waals surface area (Å²) in [6, 6.07) is 7.04. The first-order chi connectivity index (χ1) is 8.20. The van der Waals surface area contributed by atoms with Crippen molar-refractivity contribution in [2.24, 2.45) is 0 Å². The van der Waals surface area contributed by atoms with Crippen molar-refractivity contribution in [3.05, 3.63) is 28.2 Å². The minimum Gasteiger partial charge on any atom is -0.395 e. The van der Waals surface area contributed by atoms with Crippen LogP contribution in [0.3, 0.4) is 0 Å². The topological polar surface area (TPSA) is 35.5 Å². The van der Waals surface area contributed by atoms with E-state index in [-0.39, 0.29) is 6.61 Å². The third-order valence-corrected chi connectivity index (χ3v) is 3.55. The first-order valence-electron chi connectivity index (χ1n) is 6.04. The number of hydrogen-bond acceptors (Lipinski definition) is 3. The second-order valence-corrected chi connectivity index (χ2v) is 5.49. The monoisotopic (exact) mass is 298 g/mol. The molecule has 0 saturated heterocycles. The summed E-state index contributed by atoms with van der Waals surface area (Å²) >= 11 is 3.50. The van der Waals surface area contributed by atoms with Crippen LogP contribution >= 0.6 is 15.9 Å². The van der Waals surface area contributed by atoms with Crippen molar-refractivity contribution >= 4 is 21.6 Å². The van der Waals surface area contributed by atoms with Crippen LogP contribution in [0.5, 0.6) is 0 Å². The van der Waals surface area contributed by atoms with E-state index >= 15 is 0 Å². The van der Waals surface area contributed by atoms with Crippen molar-refractivity contribution in [1.29, 1.82) is 0 Å². The molecule has 4 heteroatoms. The highest BCUT2D eigenvalue weighted by Crippen LogP contribution is 2.26. The predicted octanol–water partition coefficient (Wildman–Crippen LogP) is 2.13. The second-order valence-electron chi connectivity index (χ2n) is 4.57. The third kappa shape index (κ3) is 3.69. The summed E-state index contributed by atoms with van der Waals surface area (Å²) in [5.74, 6) is 0. The average molecular weight is 299 g/mol. The number of nitrogens with one attached hydrogen (secondary N) is 1. The zero-order chi connectivity index (χ0) is 12.3. The van der Waals surface area contributed by atoms with Gasteiger partial charge in [0.05, 0.1) is 6.61 Å². The molecule has 0 amide bonds. The lowest BCUT2D eigenvalue weighted by atomic mass is 10.1. The van der Waals surface area contributed by atoms with Gasteiger partial charge in [-0.25, -0.2) is 0 Å². The van der Waals surface area contributed by atoms with Gasteiger partial charge in [-0.05, 0) is 30.5 Å². The molecule has 1 aromatic rings. The molecule has 1 aliphatic rings. The molecule has 0 bridgehead atoms. The predicted molar refractivity (Wildman–Crippen MR) is 74.4 cm³/mol. The Kier molecular flexibility index (Phi) is 4.42. The van der Waals surface area contributed by atoms with Gasteiger partial charge in [0.2, 0.25) is 0 Å². The normalized spacial score (nSPS) is 15.0. The Morgan fingerprint density at radius 3 is 2.88 bits per heavy atom. The van der Waals surface area contributed by atoms with Crippen LogP contribution in [-0.4, -0.2) is 31.3 Å². The SMILES string of the molecule is CN(CCO)c1cc(Br)ccc1CNC1CC1. The van der Waals surface area contributed by atoms with Crippen molar-refractivity contribution in [2.45, 2.75) is 25.4 Å². The molecule has 2 N–H and O–H groups in total. The van der Waals surface area contributed by atoms with Crippen LogP contribution in [0.2, 0.25) is 0 Å². The van der Waals surface area contributed by atoms with Crippen LogP contribution < -0.4 is 10.2 Å². The van der Waals surface area contributed by atoms with Gasteiger partial charge in [0, 0.05) is 36.3 Å². The Morgan fingerprint density at radius 2 is 2.24 bits per heavy atom.